The molecule has 1 fully saturated rings. The highest BCUT2D eigenvalue weighted by Crippen LogP contribution is 2.25. The summed E-state index contributed by atoms with van der Waals surface area (Å²) in [5, 5.41) is 3.17. The van der Waals surface area contributed by atoms with Crippen LogP contribution in [-0.4, -0.2) is 6.54 Å². The SMILES string of the molecule is Fc1ccc([C@@H]2CCCN2)c(F)c1. The van der Waals surface area contributed by atoms with Gasteiger partial charge in [0, 0.05) is 17.7 Å². The Bertz CT molecular complexity index is 306. The molecule has 1 nitrogen and oxygen atoms in total. The average molecular weight is 183 g/mol. The smallest absolute Gasteiger partial charge is 0.130 e. The van der Waals surface area contributed by atoms with Crippen molar-refractivity contribution in [2.75, 3.05) is 6.54 Å². The Morgan fingerprint density at radius 2 is 2.15 bits per heavy atom. The van der Waals surface area contributed by atoms with Crippen LogP contribution in [0, 0.1) is 11.6 Å². The molecule has 13 heavy (non-hydrogen) atoms. The molecule has 0 aromatic heterocycles. The van der Waals surface area contributed by atoms with Gasteiger partial charge in [0.2, 0.25) is 0 Å². The molecule has 0 unspecified atom stereocenters. The molecule has 1 aromatic rings. The van der Waals surface area contributed by atoms with Crippen molar-refractivity contribution < 1.29 is 8.78 Å². The number of hydrogen-bond acceptors (Lipinski definition) is 1. The third-order valence-corrected chi connectivity index (χ3v) is 2.40. The van der Waals surface area contributed by atoms with E-state index in [1.54, 1.807) is 0 Å². The number of hydrogen-bond donors (Lipinski definition) is 1. The molecular weight excluding hydrogens is 172 g/mol. The first kappa shape index (κ1) is 8.63. The van der Waals surface area contributed by atoms with Gasteiger partial charge in [-0.3, -0.25) is 0 Å². The van der Waals surface area contributed by atoms with Gasteiger partial charge in [-0.1, -0.05) is 6.07 Å². The highest BCUT2D eigenvalue weighted by Gasteiger charge is 2.19. The lowest BCUT2D eigenvalue weighted by molar-refractivity contribution is 0.540. The van der Waals surface area contributed by atoms with Crippen LogP contribution >= 0.6 is 0 Å². The quantitative estimate of drug-likeness (QED) is 0.704. The van der Waals surface area contributed by atoms with Crippen molar-refractivity contribution in [3.05, 3.63) is 35.4 Å². The maximum absolute atomic E-state index is 13.2. The van der Waals surface area contributed by atoms with Crippen LogP contribution in [-0.2, 0) is 0 Å². The second-order valence-corrected chi connectivity index (χ2v) is 3.31. The summed E-state index contributed by atoms with van der Waals surface area (Å²) in [5.74, 6) is -0.960. The van der Waals surface area contributed by atoms with Gasteiger partial charge in [-0.15, -0.1) is 0 Å². The van der Waals surface area contributed by atoms with E-state index in [-0.39, 0.29) is 6.04 Å². The van der Waals surface area contributed by atoms with Crippen LogP contribution in [0.5, 0.6) is 0 Å². The molecule has 1 aliphatic heterocycles. The number of benzene rings is 1. The predicted octanol–water partition coefficient (Wildman–Crippen LogP) is 2.39. The molecule has 0 aliphatic carbocycles. The van der Waals surface area contributed by atoms with Crippen molar-refractivity contribution >= 4 is 0 Å². The summed E-state index contributed by atoms with van der Waals surface area (Å²) in [6.45, 7) is 0.918. The third-order valence-electron chi connectivity index (χ3n) is 2.40. The van der Waals surface area contributed by atoms with E-state index in [9.17, 15) is 8.78 Å². The van der Waals surface area contributed by atoms with Gasteiger partial charge in [0.15, 0.2) is 0 Å². The fraction of sp³-hybridized carbons (Fsp3) is 0.400. The molecule has 1 heterocycles. The molecule has 0 amide bonds. The van der Waals surface area contributed by atoms with Crippen LogP contribution in [0.15, 0.2) is 18.2 Å². The minimum Gasteiger partial charge on any atom is -0.310 e. The van der Waals surface area contributed by atoms with Gasteiger partial charge in [-0.2, -0.15) is 0 Å². The summed E-state index contributed by atoms with van der Waals surface area (Å²) < 4.78 is 25.8. The van der Waals surface area contributed by atoms with E-state index in [0.29, 0.717) is 5.56 Å². The fourth-order valence-electron chi connectivity index (χ4n) is 1.73. The van der Waals surface area contributed by atoms with E-state index >= 15 is 0 Å². The summed E-state index contributed by atoms with van der Waals surface area (Å²) in [7, 11) is 0. The van der Waals surface area contributed by atoms with Crippen LogP contribution in [0.3, 0.4) is 0 Å². The molecule has 1 atom stereocenters. The molecular formula is C10H11F2N. The Hall–Kier alpha value is -0.960. The van der Waals surface area contributed by atoms with E-state index in [0.717, 1.165) is 25.5 Å². The van der Waals surface area contributed by atoms with Crippen LogP contribution in [0.1, 0.15) is 24.4 Å². The summed E-state index contributed by atoms with van der Waals surface area (Å²) >= 11 is 0. The van der Waals surface area contributed by atoms with Crippen molar-refractivity contribution in [3.63, 3.8) is 0 Å². The summed E-state index contributed by atoms with van der Waals surface area (Å²) in [4.78, 5) is 0. The van der Waals surface area contributed by atoms with Crippen LogP contribution < -0.4 is 5.32 Å². The van der Waals surface area contributed by atoms with E-state index < -0.39 is 11.6 Å². The summed E-state index contributed by atoms with van der Waals surface area (Å²) in [6.07, 6.45) is 1.99. The molecule has 1 aromatic carbocycles. The number of nitrogens with one attached hydrogen (secondary N) is 1. The minimum absolute atomic E-state index is 0.0700. The Kier molecular flexibility index (Phi) is 2.27. The van der Waals surface area contributed by atoms with Crippen molar-refractivity contribution in [3.8, 4) is 0 Å². The molecule has 70 valence electrons. The summed E-state index contributed by atoms with van der Waals surface area (Å²) in [6, 6.07) is 3.84. The lowest BCUT2D eigenvalue weighted by atomic mass is 10.0. The monoisotopic (exact) mass is 183 g/mol. The summed E-state index contributed by atoms with van der Waals surface area (Å²) in [5.41, 5.74) is 0.582. The van der Waals surface area contributed by atoms with Crippen molar-refractivity contribution in [1.82, 2.24) is 5.32 Å². The Morgan fingerprint density at radius 3 is 2.77 bits per heavy atom. The van der Waals surface area contributed by atoms with Crippen LogP contribution in [0.2, 0.25) is 0 Å². The van der Waals surface area contributed by atoms with Crippen molar-refractivity contribution in [2.45, 2.75) is 18.9 Å². The normalized spacial score (nSPS) is 22.2. The highest BCUT2D eigenvalue weighted by molar-refractivity contribution is 5.22. The maximum atomic E-state index is 13.2. The molecule has 1 aliphatic rings. The second-order valence-electron chi connectivity index (χ2n) is 3.31. The second kappa shape index (κ2) is 3.42. The Morgan fingerprint density at radius 1 is 1.31 bits per heavy atom. The van der Waals surface area contributed by atoms with Gasteiger partial charge in [0.1, 0.15) is 11.6 Å². The zero-order chi connectivity index (χ0) is 9.26. The van der Waals surface area contributed by atoms with Crippen LogP contribution in [0.25, 0.3) is 0 Å². The zero-order valence-electron chi connectivity index (χ0n) is 7.19. The Labute approximate surface area is 75.8 Å². The zero-order valence-corrected chi connectivity index (χ0v) is 7.19. The van der Waals surface area contributed by atoms with E-state index in [1.807, 2.05) is 0 Å². The third kappa shape index (κ3) is 1.70. The topological polar surface area (TPSA) is 12.0 Å². The van der Waals surface area contributed by atoms with Crippen molar-refractivity contribution in [1.29, 1.82) is 0 Å². The average Bonchev–Trinajstić information content (AvgIpc) is 2.56. The molecule has 0 saturated carbocycles. The first-order valence-corrected chi connectivity index (χ1v) is 4.46. The van der Waals surface area contributed by atoms with Crippen molar-refractivity contribution in [2.24, 2.45) is 0 Å². The van der Waals surface area contributed by atoms with Gasteiger partial charge in [-0.05, 0) is 25.5 Å². The van der Waals surface area contributed by atoms with E-state index in [4.69, 9.17) is 0 Å². The first-order valence-electron chi connectivity index (χ1n) is 4.46. The van der Waals surface area contributed by atoms with Gasteiger partial charge in [0.05, 0.1) is 0 Å². The Balaban J connectivity index is 2.29. The molecule has 2 rings (SSSR count). The number of rotatable bonds is 1. The maximum Gasteiger partial charge on any atom is 0.130 e. The van der Waals surface area contributed by atoms with Gasteiger partial charge in [0.25, 0.3) is 0 Å². The fourth-order valence-corrected chi connectivity index (χ4v) is 1.73. The molecule has 0 radical (unpaired) electrons. The molecule has 1 N–H and O–H groups in total. The highest BCUT2D eigenvalue weighted by atomic mass is 19.1. The lowest BCUT2D eigenvalue weighted by Gasteiger charge is -2.10. The molecule has 3 heteroatoms. The van der Waals surface area contributed by atoms with Gasteiger partial charge < -0.3 is 5.32 Å². The first-order chi connectivity index (χ1) is 6.27. The molecule has 0 spiro atoms. The van der Waals surface area contributed by atoms with Crippen LogP contribution in [0.4, 0.5) is 8.78 Å². The molecule has 0 bridgehead atoms. The lowest BCUT2D eigenvalue weighted by Crippen LogP contribution is -2.14. The molecule has 1 saturated heterocycles. The standard InChI is InChI=1S/C10H11F2N/c11-7-3-4-8(9(12)6-7)10-2-1-5-13-10/h3-4,6,10,13H,1-2,5H2/t10-/m0/s1. The van der Waals surface area contributed by atoms with E-state index in [2.05, 4.69) is 5.32 Å². The minimum atomic E-state index is -0.515. The van der Waals surface area contributed by atoms with Gasteiger partial charge >= 0.3 is 0 Å². The van der Waals surface area contributed by atoms with Gasteiger partial charge in [-0.25, -0.2) is 8.78 Å². The van der Waals surface area contributed by atoms with E-state index in [1.165, 1.54) is 12.1 Å². The predicted molar refractivity (Wildman–Crippen MR) is 46.3 cm³/mol. The number of halogens is 2. The largest absolute Gasteiger partial charge is 0.310 e.